The van der Waals surface area contributed by atoms with E-state index in [9.17, 15) is 4.39 Å². The molecule has 0 atom stereocenters. The van der Waals surface area contributed by atoms with Gasteiger partial charge in [0.15, 0.2) is 0 Å². The molecule has 0 aliphatic carbocycles. The molecule has 23 heavy (non-hydrogen) atoms. The van der Waals surface area contributed by atoms with Gasteiger partial charge in [-0.15, -0.1) is 0 Å². The summed E-state index contributed by atoms with van der Waals surface area (Å²) in [7, 11) is 2.04. The predicted molar refractivity (Wildman–Crippen MR) is 84.5 cm³/mol. The molecule has 3 aromatic rings. The van der Waals surface area contributed by atoms with Crippen LogP contribution < -0.4 is 0 Å². The molecule has 0 radical (unpaired) electrons. The van der Waals surface area contributed by atoms with Gasteiger partial charge in [0.25, 0.3) is 0 Å². The van der Waals surface area contributed by atoms with E-state index < -0.39 is 0 Å². The van der Waals surface area contributed by atoms with Crippen LogP contribution in [-0.2, 0) is 26.6 Å². The van der Waals surface area contributed by atoms with Crippen LogP contribution in [-0.4, -0.2) is 30.8 Å². The van der Waals surface area contributed by atoms with Crippen molar-refractivity contribution in [3.8, 4) is 5.69 Å². The van der Waals surface area contributed by atoms with Crippen molar-refractivity contribution in [3.63, 3.8) is 0 Å². The highest BCUT2D eigenvalue weighted by molar-refractivity contribution is 5.31. The Morgan fingerprint density at radius 1 is 1.26 bits per heavy atom. The van der Waals surface area contributed by atoms with E-state index in [0.29, 0.717) is 0 Å². The summed E-state index contributed by atoms with van der Waals surface area (Å²) in [5.41, 5.74) is 4.20. The lowest BCUT2D eigenvalue weighted by molar-refractivity contribution is 0.237. The highest BCUT2D eigenvalue weighted by Gasteiger charge is 2.20. The zero-order valence-electron chi connectivity index (χ0n) is 13.0. The first-order valence-electron chi connectivity index (χ1n) is 7.71. The largest absolute Gasteiger partial charge is 0.337 e. The fraction of sp³-hybridized carbons (Fsp3) is 0.294. The fourth-order valence-electron chi connectivity index (χ4n) is 3.08. The van der Waals surface area contributed by atoms with Gasteiger partial charge >= 0.3 is 0 Å². The first-order valence-corrected chi connectivity index (χ1v) is 7.71. The van der Waals surface area contributed by atoms with Crippen molar-refractivity contribution in [1.29, 1.82) is 0 Å². The number of nitrogens with zero attached hydrogens (tertiary/aromatic N) is 5. The third-order valence-corrected chi connectivity index (χ3v) is 4.29. The summed E-state index contributed by atoms with van der Waals surface area (Å²) < 4.78 is 17.1. The van der Waals surface area contributed by atoms with Crippen molar-refractivity contribution in [2.75, 3.05) is 6.54 Å². The Morgan fingerprint density at radius 3 is 3.04 bits per heavy atom. The number of fused-ring (bicyclic) bond motifs is 1. The number of aryl methyl sites for hydroxylation is 1. The average Bonchev–Trinajstić information content (AvgIpc) is 3.15. The Kier molecular flexibility index (Phi) is 3.46. The standard InChI is InChI=1S/C17H18FN5/c1-21-12-19-16-11-22(7-6-17(16)21)10-14-5-8-23(20-14)15-4-2-3-13(18)9-15/h2-5,8-9,12H,6-7,10-11H2,1H3. The van der Waals surface area contributed by atoms with Gasteiger partial charge in [-0.1, -0.05) is 6.07 Å². The topological polar surface area (TPSA) is 38.9 Å². The summed E-state index contributed by atoms with van der Waals surface area (Å²) in [6.45, 7) is 2.63. The normalized spacial score (nSPS) is 14.9. The minimum atomic E-state index is -0.252. The van der Waals surface area contributed by atoms with Gasteiger partial charge < -0.3 is 4.57 Å². The molecule has 5 nitrogen and oxygen atoms in total. The molecule has 1 aliphatic heterocycles. The van der Waals surface area contributed by atoms with Crippen LogP contribution in [0.25, 0.3) is 5.69 Å². The maximum absolute atomic E-state index is 13.3. The van der Waals surface area contributed by atoms with Crippen LogP contribution in [0.1, 0.15) is 17.1 Å². The lowest BCUT2D eigenvalue weighted by Gasteiger charge is -2.25. The molecule has 118 valence electrons. The second kappa shape index (κ2) is 5.62. The van der Waals surface area contributed by atoms with Crippen LogP contribution in [0, 0.1) is 5.82 Å². The van der Waals surface area contributed by atoms with E-state index in [1.807, 2.05) is 31.7 Å². The molecule has 0 fully saturated rings. The summed E-state index contributed by atoms with van der Waals surface area (Å²) in [4.78, 5) is 6.81. The van der Waals surface area contributed by atoms with Crippen molar-refractivity contribution >= 4 is 0 Å². The number of rotatable bonds is 3. The summed E-state index contributed by atoms with van der Waals surface area (Å²) in [5, 5.41) is 4.56. The molecule has 0 N–H and O–H groups in total. The maximum Gasteiger partial charge on any atom is 0.125 e. The molecule has 0 bridgehead atoms. The molecule has 0 spiro atoms. The van der Waals surface area contributed by atoms with Crippen molar-refractivity contribution in [1.82, 2.24) is 24.2 Å². The molecule has 1 aliphatic rings. The van der Waals surface area contributed by atoms with Crippen molar-refractivity contribution < 1.29 is 4.39 Å². The van der Waals surface area contributed by atoms with Crippen LogP contribution in [0.3, 0.4) is 0 Å². The minimum Gasteiger partial charge on any atom is -0.337 e. The molecule has 2 aromatic heterocycles. The van der Waals surface area contributed by atoms with Gasteiger partial charge in [-0.25, -0.2) is 14.1 Å². The number of imidazole rings is 1. The van der Waals surface area contributed by atoms with Crippen LogP contribution in [0.2, 0.25) is 0 Å². The van der Waals surface area contributed by atoms with Crippen molar-refractivity contribution in [2.45, 2.75) is 19.5 Å². The third-order valence-electron chi connectivity index (χ3n) is 4.29. The van der Waals surface area contributed by atoms with Gasteiger partial charge in [-0.05, 0) is 24.3 Å². The molecule has 1 aromatic carbocycles. The Hall–Kier alpha value is -2.47. The lowest BCUT2D eigenvalue weighted by atomic mass is 10.1. The first-order chi connectivity index (χ1) is 11.2. The number of benzene rings is 1. The fourth-order valence-corrected chi connectivity index (χ4v) is 3.08. The number of hydrogen-bond acceptors (Lipinski definition) is 3. The molecular weight excluding hydrogens is 293 g/mol. The molecule has 0 unspecified atom stereocenters. The smallest absolute Gasteiger partial charge is 0.125 e. The summed E-state index contributed by atoms with van der Waals surface area (Å²) in [6, 6.07) is 8.45. The number of halogens is 1. The third kappa shape index (κ3) is 2.77. The van der Waals surface area contributed by atoms with Gasteiger partial charge in [0.05, 0.1) is 23.4 Å². The van der Waals surface area contributed by atoms with Crippen LogP contribution in [0.15, 0.2) is 42.9 Å². The average molecular weight is 311 g/mol. The van der Waals surface area contributed by atoms with E-state index in [-0.39, 0.29) is 5.82 Å². The highest BCUT2D eigenvalue weighted by Crippen LogP contribution is 2.19. The second-order valence-corrected chi connectivity index (χ2v) is 5.94. The lowest BCUT2D eigenvalue weighted by Crippen LogP contribution is -2.30. The van der Waals surface area contributed by atoms with Crippen LogP contribution in [0.5, 0.6) is 0 Å². The Morgan fingerprint density at radius 2 is 2.17 bits per heavy atom. The molecule has 4 rings (SSSR count). The van der Waals surface area contributed by atoms with Gasteiger partial charge in [0, 0.05) is 45.0 Å². The van der Waals surface area contributed by atoms with Gasteiger partial charge in [0.1, 0.15) is 5.82 Å². The zero-order valence-corrected chi connectivity index (χ0v) is 13.0. The molecule has 0 amide bonds. The van der Waals surface area contributed by atoms with E-state index in [2.05, 4.69) is 19.5 Å². The van der Waals surface area contributed by atoms with Crippen molar-refractivity contribution in [3.05, 3.63) is 65.8 Å². The van der Waals surface area contributed by atoms with Crippen molar-refractivity contribution in [2.24, 2.45) is 7.05 Å². The van der Waals surface area contributed by atoms with Gasteiger partial charge in [-0.2, -0.15) is 5.10 Å². The Labute approximate surface area is 134 Å². The predicted octanol–water partition coefficient (Wildman–Crippen LogP) is 2.30. The highest BCUT2D eigenvalue weighted by atomic mass is 19.1. The summed E-state index contributed by atoms with van der Waals surface area (Å²) in [5.74, 6) is -0.252. The summed E-state index contributed by atoms with van der Waals surface area (Å²) in [6.07, 6.45) is 4.77. The van der Waals surface area contributed by atoms with Crippen LogP contribution >= 0.6 is 0 Å². The van der Waals surface area contributed by atoms with E-state index >= 15 is 0 Å². The number of hydrogen-bond donors (Lipinski definition) is 0. The molecule has 0 saturated heterocycles. The maximum atomic E-state index is 13.3. The Balaban J connectivity index is 1.48. The monoisotopic (exact) mass is 311 g/mol. The molecule has 6 heteroatoms. The number of aromatic nitrogens is 4. The van der Waals surface area contributed by atoms with Crippen LogP contribution in [0.4, 0.5) is 4.39 Å². The SMILES string of the molecule is Cn1cnc2c1CCN(Cc1ccn(-c3cccc(F)c3)n1)C2. The quantitative estimate of drug-likeness (QED) is 0.745. The Bertz CT molecular complexity index is 835. The van der Waals surface area contributed by atoms with E-state index in [0.717, 1.165) is 43.1 Å². The van der Waals surface area contributed by atoms with Gasteiger partial charge in [0.2, 0.25) is 0 Å². The molecule has 3 heterocycles. The second-order valence-electron chi connectivity index (χ2n) is 5.94. The molecule has 0 saturated carbocycles. The van der Waals surface area contributed by atoms with E-state index in [4.69, 9.17) is 0 Å². The first kappa shape index (κ1) is 14.1. The van der Waals surface area contributed by atoms with E-state index in [1.54, 1.807) is 10.7 Å². The van der Waals surface area contributed by atoms with Gasteiger partial charge in [-0.3, -0.25) is 4.90 Å². The summed E-state index contributed by atoms with van der Waals surface area (Å²) >= 11 is 0. The minimum absolute atomic E-state index is 0.252. The molecular formula is C17H18FN5. The zero-order chi connectivity index (χ0) is 15.8. The van der Waals surface area contributed by atoms with E-state index in [1.165, 1.54) is 17.8 Å².